The molecule has 0 atom stereocenters. The number of anilines is 1. The first-order valence-corrected chi connectivity index (χ1v) is 7.50. The Bertz CT molecular complexity index is 854. The number of carbonyl (C=O) groups is 2. The largest absolute Gasteiger partial charge is 0.451 e. The zero-order chi connectivity index (χ0) is 18.6. The summed E-state index contributed by atoms with van der Waals surface area (Å²) in [4.78, 5) is 38.0. The highest BCUT2D eigenvalue weighted by molar-refractivity contribution is 6.30. The fourth-order valence-corrected chi connectivity index (χ4v) is 2.12. The number of nitrogens with one attached hydrogen (secondary N) is 1. The SMILES string of the molecule is Cc1cc(NC(=O)COC(=O)c2cc(Cl)ccn2)c([N+](=O)[O-])cc1C. The summed E-state index contributed by atoms with van der Waals surface area (Å²) in [6, 6.07) is 5.65. The molecule has 0 unspecified atom stereocenters. The minimum atomic E-state index is -0.827. The van der Waals surface area contributed by atoms with Crippen LogP contribution in [0.5, 0.6) is 0 Å². The van der Waals surface area contributed by atoms with E-state index in [1.54, 1.807) is 13.8 Å². The lowest BCUT2D eigenvalue weighted by Crippen LogP contribution is -2.22. The summed E-state index contributed by atoms with van der Waals surface area (Å²) in [6.45, 7) is 2.88. The van der Waals surface area contributed by atoms with E-state index < -0.39 is 23.4 Å². The van der Waals surface area contributed by atoms with Crippen molar-refractivity contribution in [1.82, 2.24) is 4.98 Å². The lowest BCUT2D eigenvalue weighted by Gasteiger charge is -2.09. The van der Waals surface area contributed by atoms with Gasteiger partial charge in [-0.15, -0.1) is 0 Å². The monoisotopic (exact) mass is 363 g/mol. The van der Waals surface area contributed by atoms with Crippen LogP contribution in [0.4, 0.5) is 11.4 Å². The van der Waals surface area contributed by atoms with Crippen molar-refractivity contribution < 1.29 is 19.2 Å². The van der Waals surface area contributed by atoms with Gasteiger partial charge in [0.05, 0.1) is 4.92 Å². The summed E-state index contributed by atoms with van der Waals surface area (Å²) < 4.78 is 4.83. The van der Waals surface area contributed by atoms with Crippen LogP contribution in [0.2, 0.25) is 5.02 Å². The molecule has 0 radical (unpaired) electrons. The summed E-state index contributed by atoms with van der Waals surface area (Å²) >= 11 is 5.74. The Morgan fingerprint density at radius 3 is 2.60 bits per heavy atom. The molecular weight excluding hydrogens is 350 g/mol. The van der Waals surface area contributed by atoms with Crippen LogP contribution < -0.4 is 5.32 Å². The Morgan fingerprint density at radius 1 is 1.28 bits per heavy atom. The van der Waals surface area contributed by atoms with Crippen molar-refractivity contribution in [3.63, 3.8) is 0 Å². The van der Waals surface area contributed by atoms with E-state index in [4.69, 9.17) is 16.3 Å². The molecule has 0 spiro atoms. The third kappa shape index (κ3) is 4.74. The quantitative estimate of drug-likeness (QED) is 0.496. The van der Waals surface area contributed by atoms with Crippen LogP contribution in [0, 0.1) is 24.0 Å². The number of hydrogen-bond donors (Lipinski definition) is 1. The van der Waals surface area contributed by atoms with Gasteiger partial charge < -0.3 is 10.1 Å². The van der Waals surface area contributed by atoms with Crippen LogP contribution in [0.25, 0.3) is 0 Å². The number of amides is 1. The Morgan fingerprint density at radius 2 is 1.96 bits per heavy atom. The van der Waals surface area contributed by atoms with Gasteiger partial charge in [0.1, 0.15) is 11.4 Å². The van der Waals surface area contributed by atoms with Gasteiger partial charge in [0.15, 0.2) is 6.61 Å². The van der Waals surface area contributed by atoms with Crippen LogP contribution in [0.1, 0.15) is 21.6 Å². The number of aromatic nitrogens is 1. The molecule has 0 aliphatic heterocycles. The van der Waals surface area contributed by atoms with Crippen molar-refractivity contribution in [1.29, 1.82) is 0 Å². The lowest BCUT2D eigenvalue weighted by molar-refractivity contribution is -0.384. The van der Waals surface area contributed by atoms with Gasteiger partial charge in [0.25, 0.3) is 11.6 Å². The lowest BCUT2D eigenvalue weighted by atomic mass is 10.1. The van der Waals surface area contributed by atoms with Crippen LogP contribution in [-0.4, -0.2) is 28.4 Å². The normalized spacial score (nSPS) is 10.2. The molecule has 8 nitrogen and oxygen atoms in total. The summed E-state index contributed by atoms with van der Waals surface area (Å²) in [5, 5.41) is 13.8. The Hall–Kier alpha value is -3.00. The standard InChI is InChI=1S/C16H14ClN3O5/c1-9-5-12(14(20(23)24)6-10(9)2)19-15(21)8-25-16(22)13-7-11(17)3-4-18-13/h3-7H,8H2,1-2H3,(H,19,21). The van der Waals surface area contributed by atoms with E-state index >= 15 is 0 Å². The first kappa shape index (κ1) is 18.3. The molecule has 0 aliphatic rings. The summed E-state index contributed by atoms with van der Waals surface area (Å²) in [5.41, 5.74) is 1.26. The first-order chi connectivity index (χ1) is 11.8. The highest BCUT2D eigenvalue weighted by atomic mass is 35.5. The first-order valence-electron chi connectivity index (χ1n) is 7.12. The van der Waals surface area contributed by atoms with Gasteiger partial charge in [-0.1, -0.05) is 11.6 Å². The molecule has 1 aromatic carbocycles. The second kappa shape index (κ2) is 7.71. The number of benzene rings is 1. The van der Waals surface area contributed by atoms with Crippen molar-refractivity contribution in [2.75, 3.05) is 11.9 Å². The molecule has 1 aromatic heterocycles. The molecule has 2 aromatic rings. The third-order valence-corrected chi connectivity index (χ3v) is 3.58. The number of nitro benzene ring substituents is 1. The highest BCUT2D eigenvalue weighted by Gasteiger charge is 2.19. The molecule has 0 fully saturated rings. The van der Waals surface area contributed by atoms with Crippen LogP contribution >= 0.6 is 11.6 Å². The van der Waals surface area contributed by atoms with Gasteiger partial charge in [-0.3, -0.25) is 14.9 Å². The molecule has 130 valence electrons. The number of esters is 1. The second-order valence-electron chi connectivity index (χ2n) is 5.19. The topological polar surface area (TPSA) is 111 Å². The highest BCUT2D eigenvalue weighted by Crippen LogP contribution is 2.27. The molecule has 1 N–H and O–H groups in total. The van der Waals surface area contributed by atoms with Crippen molar-refractivity contribution in [2.24, 2.45) is 0 Å². The average molecular weight is 364 g/mol. The van der Waals surface area contributed by atoms with E-state index in [1.807, 2.05) is 0 Å². The second-order valence-corrected chi connectivity index (χ2v) is 5.63. The Balaban J connectivity index is 2.04. The molecule has 1 heterocycles. The van der Waals surface area contributed by atoms with E-state index in [-0.39, 0.29) is 17.1 Å². The van der Waals surface area contributed by atoms with Crippen molar-refractivity contribution in [3.8, 4) is 0 Å². The number of carbonyl (C=O) groups excluding carboxylic acids is 2. The van der Waals surface area contributed by atoms with Gasteiger partial charge in [-0.25, -0.2) is 9.78 Å². The van der Waals surface area contributed by atoms with Gasteiger partial charge in [-0.2, -0.15) is 0 Å². The Labute approximate surface area is 147 Å². The minimum Gasteiger partial charge on any atom is -0.451 e. The van der Waals surface area contributed by atoms with Gasteiger partial charge in [0.2, 0.25) is 0 Å². The molecule has 0 aliphatic carbocycles. The number of hydrogen-bond acceptors (Lipinski definition) is 6. The Kier molecular flexibility index (Phi) is 5.66. The van der Waals surface area contributed by atoms with Crippen molar-refractivity contribution in [3.05, 3.63) is 62.4 Å². The zero-order valence-corrected chi connectivity index (χ0v) is 14.2. The van der Waals surface area contributed by atoms with E-state index in [9.17, 15) is 19.7 Å². The summed E-state index contributed by atoms with van der Waals surface area (Å²) in [6.07, 6.45) is 1.33. The molecule has 0 saturated heterocycles. The molecule has 9 heteroatoms. The minimum absolute atomic E-state index is 0.0371. The summed E-state index contributed by atoms with van der Waals surface area (Å²) in [7, 11) is 0. The molecule has 25 heavy (non-hydrogen) atoms. The number of rotatable bonds is 5. The number of ether oxygens (including phenoxy) is 1. The molecule has 1 amide bonds. The molecule has 2 rings (SSSR count). The maximum atomic E-state index is 11.9. The predicted molar refractivity (Wildman–Crippen MR) is 90.7 cm³/mol. The van der Waals surface area contributed by atoms with E-state index in [0.29, 0.717) is 5.02 Å². The summed E-state index contributed by atoms with van der Waals surface area (Å²) in [5.74, 6) is -1.53. The van der Waals surface area contributed by atoms with Gasteiger partial charge in [0, 0.05) is 17.3 Å². The number of pyridine rings is 1. The smallest absolute Gasteiger partial charge is 0.357 e. The third-order valence-electron chi connectivity index (χ3n) is 3.35. The number of halogens is 1. The number of nitro groups is 1. The molecule has 0 saturated carbocycles. The van der Waals surface area contributed by atoms with Crippen molar-refractivity contribution in [2.45, 2.75) is 13.8 Å². The fourth-order valence-electron chi connectivity index (χ4n) is 1.96. The van der Waals surface area contributed by atoms with Crippen LogP contribution in [0.15, 0.2) is 30.5 Å². The maximum Gasteiger partial charge on any atom is 0.357 e. The van der Waals surface area contributed by atoms with E-state index in [0.717, 1.165) is 11.1 Å². The predicted octanol–water partition coefficient (Wildman–Crippen LogP) is 3.06. The zero-order valence-electron chi connectivity index (χ0n) is 13.4. The number of aryl methyl sites for hydroxylation is 2. The van der Waals surface area contributed by atoms with E-state index in [2.05, 4.69) is 10.3 Å². The average Bonchev–Trinajstić information content (AvgIpc) is 2.55. The van der Waals surface area contributed by atoms with E-state index in [1.165, 1.54) is 30.5 Å². The van der Waals surface area contributed by atoms with Crippen LogP contribution in [0.3, 0.4) is 0 Å². The molecule has 0 bridgehead atoms. The van der Waals surface area contributed by atoms with Gasteiger partial charge >= 0.3 is 5.97 Å². The maximum absolute atomic E-state index is 11.9. The fraction of sp³-hybridized carbons (Fsp3) is 0.188. The van der Waals surface area contributed by atoms with Crippen LogP contribution in [-0.2, 0) is 9.53 Å². The number of nitrogens with zero attached hydrogens (tertiary/aromatic N) is 2. The van der Waals surface area contributed by atoms with Gasteiger partial charge in [-0.05, 0) is 43.2 Å². The van der Waals surface area contributed by atoms with Crippen molar-refractivity contribution >= 4 is 34.9 Å². The molecular formula is C16H14ClN3O5.